The molecular formula is C18H18FN3O2. The van der Waals surface area contributed by atoms with Crippen LogP contribution in [0.15, 0.2) is 48.5 Å². The van der Waals surface area contributed by atoms with Gasteiger partial charge in [-0.15, -0.1) is 0 Å². The van der Waals surface area contributed by atoms with Gasteiger partial charge in [-0.05, 0) is 48.9 Å². The number of nitrogens with zero attached hydrogens (tertiary/aromatic N) is 2. The summed E-state index contributed by atoms with van der Waals surface area (Å²) in [4.78, 5) is 27.6. The van der Waals surface area contributed by atoms with Gasteiger partial charge in [0.2, 0.25) is 5.91 Å². The minimum absolute atomic E-state index is 0.00945. The number of hydrogen-bond acceptors (Lipinski definition) is 2. The molecule has 0 bridgehead atoms. The van der Waals surface area contributed by atoms with Gasteiger partial charge in [0, 0.05) is 24.5 Å². The van der Waals surface area contributed by atoms with E-state index in [1.54, 1.807) is 17.0 Å². The highest BCUT2D eigenvalue weighted by Crippen LogP contribution is 2.20. The first-order valence-electron chi connectivity index (χ1n) is 7.71. The normalized spacial score (nSPS) is 14.2. The largest absolute Gasteiger partial charge is 0.325 e. The van der Waals surface area contributed by atoms with Gasteiger partial charge in [-0.1, -0.05) is 12.1 Å². The lowest BCUT2D eigenvalue weighted by molar-refractivity contribution is -0.116. The fourth-order valence-corrected chi connectivity index (χ4v) is 2.69. The second-order valence-corrected chi connectivity index (χ2v) is 5.75. The van der Waals surface area contributed by atoms with E-state index in [2.05, 4.69) is 5.32 Å². The monoisotopic (exact) mass is 327 g/mol. The quantitative estimate of drug-likeness (QED) is 0.938. The zero-order chi connectivity index (χ0) is 17.1. The molecule has 0 saturated carbocycles. The van der Waals surface area contributed by atoms with Crippen LogP contribution in [0.3, 0.4) is 0 Å². The molecule has 0 radical (unpaired) electrons. The Hall–Kier alpha value is -2.89. The van der Waals surface area contributed by atoms with Crippen molar-refractivity contribution in [2.75, 3.05) is 29.9 Å². The smallest absolute Gasteiger partial charge is 0.325 e. The number of nitrogens with one attached hydrogen (secondary N) is 1. The third-order valence-electron chi connectivity index (χ3n) is 3.87. The summed E-state index contributed by atoms with van der Waals surface area (Å²) in [6.07, 6.45) is 0. The predicted octanol–water partition coefficient (Wildman–Crippen LogP) is 3.01. The standard InChI is InChI=1S/C18H18FN3O2/c1-13-3-2-4-15(11-13)20-17(23)12-21-9-10-22(18(21)24)16-7-5-14(19)6-8-16/h2-8,11H,9-10,12H2,1H3,(H,20,23). The van der Waals surface area contributed by atoms with Crippen LogP contribution in [0.25, 0.3) is 0 Å². The van der Waals surface area contributed by atoms with Crippen molar-refractivity contribution >= 4 is 23.3 Å². The number of aryl methyl sites for hydroxylation is 1. The van der Waals surface area contributed by atoms with Crippen molar-refractivity contribution in [2.24, 2.45) is 0 Å². The van der Waals surface area contributed by atoms with Crippen LogP contribution in [0, 0.1) is 12.7 Å². The lowest BCUT2D eigenvalue weighted by Gasteiger charge is -2.18. The van der Waals surface area contributed by atoms with Gasteiger partial charge in [-0.2, -0.15) is 0 Å². The van der Waals surface area contributed by atoms with Crippen molar-refractivity contribution < 1.29 is 14.0 Å². The van der Waals surface area contributed by atoms with Crippen molar-refractivity contribution in [1.82, 2.24) is 4.90 Å². The Morgan fingerprint density at radius 2 is 1.92 bits per heavy atom. The lowest BCUT2D eigenvalue weighted by Crippen LogP contribution is -2.37. The zero-order valence-corrected chi connectivity index (χ0v) is 13.3. The molecule has 0 aliphatic carbocycles. The van der Waals surface area contributed by atoms with Gasteiger partial charge >= 0.3 is 6.03 Å². The third-order valence-corrected chi connectivity index (χ3v) is 3.87. The summed E-state index contributed by atoms with van der Waals surface area (Å²) in [7, 11) is 0. The van der Waals surface area contributed by atoms with Crippen molar-refractivity contribution in [3.63, 3.8) is 0 Å². The second kappa shape index (κ2) is 6.70. The van der Waals surface area contributed by atoms with Crippen LogP contribution >= 0.6 is 0 Å². The maximum atomic E-state index is 13.0. The molecule has 1 aliphatic heterocycles. The van der Waals surface area contributed by atoms with Crippen molar-refractivity contribution in [1.29, 1.82) is 0 Å². The average Bonchev–Trinajstić information content (AvgIpc) is 2.89. The van der Waals surface area contributed by atoms with Gasteiger partial charge in [0.1, 0.15) is 12.4 Å². The number of benzene rings is 2. The first-order chi connectivity index (χ1) is 11.5. The number of halogens is 1. The highest BCUT2D eigenvalue weighted by molar-refractivity contribution is 5.99. The van der Waals surface area contributed by atoms with Gasteiger partial charge in [-0.3, -0.25) is 9.69 Å². The summed E-state index contributed by atoms with van der Waals surface area (Å²) < 4.78 is 13.0. The van der Waals surface area contributed by atoms with Crippen LogP contribution in [0.2, 0.25) is 0 Å². The minimum atomic E-state index is -0.347. The molecule has 1 saturated heterocycles. The van der Waals surface area contributed by atoms with E-state index < -0.39 is 0 Å². The van der Waals surface area contributed by atoms with E-state index in [1.165, 1.54) is 17.0 Å². The van der Waals surface area contributed by atoms with Gasteiger partial charge in [0.25, 0.3) is 0 Å². The summed E-state index contributed by atoms with van der Waals surface area (Å²) in [6.45, 7) is 2.87. The van der Waals surface area contributed by atoms with E-state index in [9.17, 15) is 14.0 Å². The van der Waals surface area contributed by atoms with Crippen LogP contribution in [-0.2, 0) is 4.79 Å². The Kier molecular flexibility index (Phi) is 4.46. The SMILES string of the molecule is Cc1cccc(NC(=O)CN2CCN(c3ccc(F)cc3)C2=O)c1. The molecular weight excluding hydrogens is 309 g/mol. The molecule has 0 atom stereocenters. The Morgan fingerprint density at radius 3 is 2.62 bits per heavy atom. The highest BCUT2D eigenvalue weighted by atomic mass is 19.1. The van der Waals surface area contributed by atoms with E-state index in [-0.39, 0.29) is 24.3 Å². The van der Waals surface area contributed by atoms with Gasteiger partial charge < -0.3 is 10.2 Å². The Labute approximate surface area is 139 Å². The zero-order valence-electron chi connectivity index (χ0n) is 13.3. The molecule has 3 rings (SSSR count). The number of anilines is 2. The molecule has 1 N–H and O–H groups in total. The van der Waals surface area contributed by atoms with Crippen molar-refractivity contribution in [3.05, 3.63) is 59.9 Å². The summed E-state index contributed by atoms with van der Waals surface area (Å²) in [5.41, 5.74) is 2.39. The van der Waals surface area contributed by atoms with Crippen molar-refractivity contribution in [2.45, 2.75) is 6.92 Å². The Bertz CT molecular complexity index is 761. The molecule has 5 nitrogen and oxygen atoms in total. The molecule has 124 valence electrons. The number of amides is 3. The Morgan fingerprint density at radius 1 is 1.17 bits per heavy atom. The topological polar surface area (TPSA) is 52.7 Å². The number of hydrogen-bond donors (Lipinski definition) is 1. The fourth-order valence-electron chi connectivity index (χ4n) is 2.69. The summed E-state index contributed by atoms with van der Waals surface area (Å²) in [5, 5.41) is 2.79. The second-order valence-electron chi connectivity index (χ2n) is 5.75. The number of rotatable bonds is 4. The molecule has 1 heterocycles. The Balaban J connectivity index is 1.61. The number of urea groups is 1. The highest BCUT2D eigenvalue weighted by Gasteiger charge is 2.30. The summed E-state index contributed by atoms with van der Waals surface area (Å²) in [5.74, 6) is -0.588. The molecule has 6 heteroatoms. The molecule has 24 heavy (non-hydrogen) atoms. The fraction of sp³-hybridized carbons (Fsp3) is 0.222. The third kappa shape index (κ3) is 3.53. The maximum Gasteiger partial charge on any atom is 0.325 e. The van der Waals surface area contributed by atoms with Crippen LogP contribution < -0.4 is 10.2 Å². The first kappa shape index (κ1) is 16.0. The van der Waals surface area contributed by atoms with Crippen LogP contribution in [0.5, 0.6) is 0 Å². The number of carbonyl (C=O) groups is 2. The van der Waals surface area contributed by atoms with E-state index in [0.29, 0.717) is 24.5 Å². The average molecular weight is 327 g/mol. The molecule has 1 aliphatic rings. The molecule has 0 spiro atoms. The maximum absolute atomic E-state index is 13.0. The van der Waals surface area contributed by atoms with E-state index >= 15 is 0 Å². The van der Waals surface area contributed by atoms with Crippen molar-refractivity contribution in [3.8, 4) is 0 Å². The summed E-state index contributed by atoms with van der Waals surface area (Å²) >= 11 is 0. The van der Waals surface area contributed by atoms with Gasteiger partial charge in [0.05, 0.1) is 0 Å². The van der Waals surface area contributed by atoms with Crippen LogP contribution in [0.4, 0.5) is 20.6 Å². The molecule has 0 aromatic heterocycles. The molecule has 1 fully saturated rings. The van der Waals surface area contributed by atoms with Gasteiger partial charge in [0.15, 0.2) is 0 Å². The first-order valence-corrected chi connectivity index (χ1v) is 7.71. The molecule has 2 aromatic rings. The molecule has 2 aromatic carbocycles. The number of carbonyl (C=O) groups excluding carboxylic acids is 2. The summed E-state index contributed by atoms with van der Waals surface area (Å²) in [6, 6.07) is 13.0. The molecule has 3 amide bonds. The van der Waals surface area contributed by atoms with E-state index in [1.807, 2.05) is 31.2 Å². The minimum Gasteiger partial charge on any atom is -0.325 e. The van der Waals surface area contributed by atoms with Crippen LogP contribution in [-0.4, -0.2) is 36.5 Å². The van der Waals surface area contributed by atoms with Crippen LogP contribution in [0.1, 0.15) is 5.56 Å². The predicted molar refractivity (Wildman–Crippen MR) is 90.5 cm³/mol. The van der Waals surface area contributed by atoms with E-state index in [4.69, 9.17) is 0 Å². The lowest BCUT2D eigenvalue weighted by atomic mass is 10.2. The van der Waals surface area contributed by atoms with Gasteiger partial charge in [-0.25, -0.2) is 9.18 Å². The van der Waals surface area contributed by atoms with E-state index in [0.717, 1.165) is 5.56 Å². The molecule has 0 unspecified atom stereocenters.